The number of fused-ring (bicyclic) bond motifs is 1. The zero-order valence-electron chi connectivity index (χ0n) is 14.7. The minimum Gasteiger partial charge on any atom is -0.495 e. The van der Waals surface area contributed by atoms with Gasteiger partial charge in [0, 0.05) is 16.7 Å². The number of nitrogens with zero attached hydrogens (tertiary/aromatic N) is 4. The number of halogens is 1. The number of anilines is 1. The molecule has 0 saturated carbocycles. The van der Waals surface area contributed by atoms with Crippen molar-refractivity contribution in [2.45, 2.75) is 0 Å². The average molecular weight is 412 g/mol. The van der Waals surface area contributed by atoms with Crippen LogP contribution in [0.1, 0.15) is 5.56 Å². The minimum atomic E-state index is -0.274. The second-order valence-electron chi connectivity index (χ2n) is 5.75. The summed E-state index contributed by atoms with van der Waals surface area (Å²) in [6.07, 6.45) is 4.71. The molecule has 2 aromatic carbocycles. The Hall–Kier alpha value is -3.23. The van der Waals surface area contributed by atoms with Crippen LogP contribution in [0.4, 0.5) is 5.69 Å². The van der Waals surface area contributed by atoms with Crippen LogP contribution in [-0.2, 0) is 4.79 Å². The SMILES string of the molecule is COc1ccc(-c2nn3cnnc3s2)cc1NC(=O)/C=C/c1ccc(Cl)cc1. The van der Waals surface area contributed by atoms with Gasteiger partial charge >= 0.3 is 0 Å². The Kier molecular flexibility index (Phi) is 5.05. The third-order valence-electron chi connectivity index (χ3n) is 3.89. The summed E-state index contributed by atoms with van der Waals surface area (Å²) in [7, 11) is 1.55. The van der Waals surface area contributed by atoms with Crippen LogP contribution in [0, 0.1) is 0 Å². The maximum atomic E-state index is 12.4. The van der Waals surface area contributed by atoms with Crippen molar-refractivity contribution in [1.29, 1.82) is 0 Å². The Labute approximate surface area is 169 Å². The van der Waals surface area contributed by atoms with Crippen molar-refractivity contribution in [1.82, 2.24) is 19.8 Å². The summed E-state index contributed by atoms with van der Waals surface area (Å²) in [5.41, 5.74) is 2.27. The first-order chi connectivity index (χ1) is 13.6. The van der Waals surface area contributed by atoms with Crippen LogP contribution in [0.5, 0.6) is 5.75 Å². The molecule has 0 radical (unpaired) electrons. The summed E-state index contributed by atoms with van der Waals surface area (Å²) in [5, 5.41) is 16.5. The molecule has 2 heterocycles. The van der Waals surface area contributed by atoms with E-state index < -0.39 is 0 Å². The highest BCUT2D eigenvalue weighted by atomic mass is 35.5. The lowest BCUT2D eigenvalue weighted by Crippen LogP contribution is -2.09. The third-order valence-corrected chi connectivity index (χ3v) is 5.10. The van der Waals surface area contributed by atoms with E-state index in [1.54, 1.807) is 42.2 Å². The van der Waals surface area contributed by atoms with Crippen LogP contribution < -0.4 is 10.1 Å². The van der Waals surface area contributed by atoms with Crippen molar-refractivity contribution in [3.63, 3.8) is 0 Å². The Morgan fingerprint density at radius 2 is 2.07 bits per heavy atom. The molecule has 0 atom stereocenters. The molecular weight excluding hydrogens is 398 g/mol. The van der Waals surface area contributed by atoms with Crippen molar-refractivity contribution in [3.05, 3.63) is 65.5 Å². The molecule has 9 heteroatoms. The molecule has 2 aromatic heterocycles. The van der Waals surface area contributed by atoms with E-state index in [4.69, 9.17) is 16.3 Å². The first-order valence-corrected chi connectivity index (χ1v) is 9.42. The fourth-order valence-corrected chi connectivity index (χ4v) is 3.48. The summed E-state index contributed by atoms with van der Waals surface area (Å²) in [6.45, 7) is 0. The van der Waals surface area contributed by atoms with Crippen LogP contribution in [0.15, 0.2) is 54.9 Å². The number of rotatable bonds is 5. The lowest BCUT2D eigenvalue weighted by Gasteiger charge is -2.10. The summed E-state index contributed by atoms with van der Waals surface area (Å²) in [6, 6.07) is 12.7. The number of aromatic nitrogens is 4. The number of nitrogens with one attached hydrogen (secondary N) is 1. The standard InChI is InChI=1S/C19H14ClN5O2S/c1-27-16-8-5-13(18-24-25-11-21-23-19(25)28-18)10-15(16)22-17(26)9-4-12-2-6-14(20)7-3-12/h2-11H,1H3,(H,22,26)/b9-4+. The van der Waals surface area contributed by atoms with E-state index in [1.165, 1.54) is 17.4 Å². The number of carbonyl (C=O) groups is 1. The number of hydrogen-bond acceptors (Lipinski definition) is 6. The van der Waals surface area contributed by atoms with Gasteiger partial charge in [-0.1, -0.05) is 35.1 Å². The van der Waals surface area contributed by atoms with Gasteiger partial charge in [-0.2, -0.15) is 9.61 Å². The van der Waals surface area contributed by atoms with Gasteiger partial charge in [0.05, 0.1) is 12.8 Å². The molecule has 7 nitrogen and oxygen atoms in total. The number of ether oxygens (including phenoxy) is 1. The fourth-order valence-electron chi connectivity index (χ4n) is 2.54. The second-order valence-corrected chi connectivity index (χ2v) is 7.15. The van der Waals surface area contributed by atoms with E-state index in [2.05, 4.69) is 20.6 Å². The molecule has 4 rings (SSSR count). The zero-order valence-corrected chi connectivity index (χ0v) is 16.2. The van der Waals surface area contributed by atoms with E-state index in [-0.39, 0.29) is 5.91 Å². The molecule has 0 aliphatic rings. The molecule has 4 aromatic rings. The van der Waals surface area contributed by atoms with Gasteiger partial charge in [-0.15, -0.1) is 10.2 Å². The number of methoxy groups -OCH3 is 1. The molecule has 140 valence electrons. The highest BCUT2D eigenvalue weighted by Gasteiger charge is 2.12. The van der Waals surface area contributed by atoms with E-state index in [0.717, 1.165) is 16.1 Å². The number of carbonyl (C=O) groups excluding carboxylic acids is 1. The van der Waals surface area contributed by atoms with Gasteiger partial charge < -0.3 is 10.1 Å². The lowest BCUT2D eigenvalue weighted by atomic mass is 10.2. The fraction of sp³-hybridized carbons (Fsp3) is 0.0526. The first-order valence-electron chi connectivity index (χ1n) is 8.22. The van der Waals surface area contributed by atoms with Crippen molar-refractivity contribution in [2.75, 3.05) is 12.4 Å². The van der Waals surface area contributed by atoms with E-state index in [9.17, 15) is 4.79 Å². The van der Waals surface area contributed by atoms with Crippen molar-refractivity contribution in [2.24, 2.45) is 0 Å². The quantitative estimate of drug-likeness (QED) is 0.498. The summed E-state index contributed by atoms with van der Waals surface area (Å²) < 4.78 is 6.97. The van der Waals surface area contributed by atoms with E-state index >= 15 is 0 Å². The lowest BCUT2D eigenvalue weighted by molar-refractivity contribution is -0.111. The maximum absolute atomic E-state index is 12.4. The van der Waals surface area contributed by atoms with Gasteiger partial charge in [0.1, 0.15) is 17.1 Å². The molecule has 28 heavy (non-hydrogen) atoms. The first kappa shape index (κ1) is 18.1. The third kappa shape index (κ3) is 3.88. The van der Waals surface area contributed by atoms with Crippen LogP contribution in [0.25, 0.3) is 21.6 Å². The molecule has 0 unspecified atom stereocenters. The second kappa shape index (κ2) is 7.79. The predicted octanol–water partition coefficient (Wildman–Crippen LogP) is 4.17. The molecule has 0 fully saturated rings. The largest absolute Gasteiger partial charge is 0.495 e. The molecule has 1 amide bonds. The molecule has 0 aliphatic carbocycles. The van der Waals surface area contributed by atoms with Crippen molar-refractivity contribution in [3.8, 4) is 16.3 Å². The van der Waals surface area contributed by atoms with Crippen LogP contribution in [0.2, 0.25) is 5.02 Å². The summed E-state index contributed by atoms with van der Waals surface area (Å²) >= 11 is 7.28. The molecule has 0 aliphatic heterocycles. The smallest absolute Gasteiger partial charge is 0.248 e. The van der Waals surface area contributed by atoms with Gasteiger partial charge in [-0.25, -0.2) is 0 Å². The monoisotopic (exact) mass is 411 g/mol. The molecular formula is C19H14ClN5O2S. The Bertz CT molecular complexity index is 1140. The van der Waals surface area contributed by atoms with E-state index in [0.29, 0.717) is 21.4 Å². The van der Waals surface area contributed by atoms with Crippen LogP contribution in [-0.4, -0.2) is 32.8 Å². The number of amides is 1. The molecule has 0 saturated heterocycles. The molecule has 0 spiro atoms. The van der Waals surface area contributed by atoms with Gasteiger partial charge in [0.15, 0.2) is 0 Å². The van der Waals surface area contributed by atoms with Crippen LogP contribution >= 0.6 is 22.9 Å². The van der Waals surface area contributed by atoms with Gasteiger partial charge in [-0.3, -0.25) is 4.79 Å². The molecule has 1 N–H and O–H groups in total. The van der Waals surface area contributed by atoms with Gasteiger partial charge in [-0.05, 0) is 42.0 Å². The minimum absolute atomic E-state index is 0.274. The topological polar surface area (TPSA) is 81.4 Å². The average Bonchev–Trinajstić information content (AvgIpc) is 3.30. The van der Waals surface area contributed by atoms with Gasteiger partial charge in [0.2, 0.25) is 10.9 Å². The number of hydrogen-bond donors (Lipinski definition) is 1. The highest BCUT2D eigenvalue weighted by molar-refractivity contribution is 7.19. The number of benzene rings is 2. The normalized spacial score (nSPS) is 11.2. The van der Waals surface area contributed by atoms with Gasteiger partial charge in [0.25, 0.3) is 0 Å². The van der Waals surface area contributed by atoms with Crippen LogP contribution in [0.3, 0.4) is 0 Å². The summed E-state index contributed by atoms with van der Waals surface area (Å²) in [4.78, 5) is 13.0. The Morgan fingerprint density at radius 1 is 1.25 bits per heavy atom. The van der Waals surface area contributed by atoms with Crippen molar-refractivity contribution < 1.29 is 9.53 Å². The predicted molar refractivity (Wildman–Crippen MR) is 110 cm³/mol. The van der Waals surface area contributed by atoms with E-state index in [1.807, 2.05) is 24.3 Å². The maximum Gasteiger partial charge on any atom is 0.248 e. The highest BCUT2D eigenvalue weighted by Crippen LogP contribution is 2.32. The molecule has 0 bridgehead atoms. The van der Waals surface area contributed by atoms with Crippen molar-refractivity contribution >= 4 is 45.6 Å². The summed E-state index contributed by atoms with van der Waals surface area (Å²) in [5.74, 6) is 0.281. The Balaban J connectivity index is 1.56. The Morgan fingerprint density at radius 3 is 2.82 bits per heavy atom. The zero-order chi connectivity index (χ0) is 19.5.